The molecule has 2 aromatic carbocycles. The van der Waals surface area contributed by atoms with Gasteiger partial charge in [-0.25, -0.2) is 0 Å². The molecule has 0 saturated heterocycles. The van der Waals surface area contributed by atoms with Crippen molar-refractivity contribution in [3.8, 4) is 6.07 Å². The van der Waals surface area contributed by atoms with Crippen LogP contribution in [-0.4, -0.2) is 0 Å². The molecule has 0 amide bonds. The van der Waals surface area contributed by atoms with Crippen LogP contribution in [0, 0.1) is 11.3 Å². The lowest BCUT2D eigenvalue weighted by Crippen LogP contribution is -2.08. The molecule has 0 spiro atoms. The number of anilines is 1. The highest BCUT2D eigenvalue weighted by atomic mass is 79.9. The average Bonchev–Trinajstić information content (AvgIpc) is 2.41. The number of nitrogens with zero attached hydrogens (tertiary/aromatic N) is 1. The Hall–Kier alpha value is -1.31. The van der Waals surface area contributed by atoms with Gasteiger partial charge in [-0.15, -0.1) is 0 Å². The van der Waals surface area contributed by atoms with Gasteiger partial charge in [-0.3, -0.25) is 0 Å². The van der Waals surface area contributed by atoms with Gasteiger partial charge < -0.3 is 5.32 Å². The van der Waals surface area contributed by atoms with Crippen LogP contribution < -0.4 is 5.32 Å². The largest absolute Gasteiger partial charge is 0.377 e. The van der Waals surface area contributed by atoms with E-state index in [2.05, 4.69) is 56.2 Å². The fraction of sp³-hybridized carbons (Fsp3) is 0.133. The summed E-state index contributed by atoms with van der Waals surface area (Å²) < 4.78 is 1.97. The third kappa shape index (κ3) is 3.37. The minimum atomic E-state index is 0.115. The molecule has 96 valence electrons. The highest BCUT2D eigenvalue weighted by molar-refractivity contribution is 9.10. The zero-order valence-electron chi connectivity index (χ0n) is 10.3. The maximum Gasteiger partial charge on any atom is 0.101 e. The molecule has 1 atom stereocenters. The molecule has 2 rings (SSSR count). The molecular weight excluding hydrogens is 368 g/mol. The third-order valence-electron chi connectivity index (χ3n) is 2.85. The molecule has 0 bridgehead atoms. The minimum Gasteiger partial charge on any atom is -0.377 e. The van der Waals surface area contributed by atoms with Crippen molar-refractivity contribution in [2.75, 3.05) is 5.32 Å². The van der Waals surface area contributed by atoms with E-state index >= 15 is 0 Å². The summed E-state index contributed by atoms with van der Waals surface area (Å²) in [4.78, 5) is 0. The molecule has 0 aliphatic rings. The number of rotatable bonds is 3. The summed E-state index contributed by atoms with van der Waals surface area (Å²) in [6.07, 6.45) is 0. The molecule has 1 N–H and O–H groups in total. The van der Waals surface area contributed by atoms with Gasteiger partial charge in [-0.1, -0.05) is 50.1 Å². The Labute approximate surface area is 129 Å². The number of hydrogen-bond acceptors (Lipinski definition) is 2. The van der Waals surface area contributed by atoms with E-state index in [1.807, 2.05) is 36.4 Å². The SMILES string of the molecule is CC(Nc1ccc(Br)cc1C#N)c1ccccc1Br. The van der Waals surface area contributed by atoms with Crippen LogP contribution in [0.25, 0.3) is 0 Å². The molecule has 19 heavy (non-hydrogen) atoms. The lowest BCUT2D eigenvalue weighted by atomic mass is 10.1. The van der Waals surface area contributed by atoms with E-state index in [0.717, 1.165) is 20.2 Å². The summed E-state index contributed by atoms with van der Waals surface area (Å²) in [5, 5.41) is 12.5. The first kappa shape index (κ1) is 14.1. The van der Waals surface area contributed by atoms with E-state index in [-0.39, 0.29) is 6.04 Å². The summed E-state index contributed by atoms with van der Waals surface area (Å²) in [6.45, 7) is 2.07. The van der Waals surface area contributed by atoms with Crippen LogP contribution in [0.3, 0.4) is 0 Å². The van der Waals surface area contributed by atoms with E-state index < -0.39 is 0 Å². The van der Waals surface area contributed by atoms with Crippen LogP contribution in [0.1, 0.15) is 24.1 Å². The van der Waals surface area contributed by atoms with Gasteiger partial charge in [-0.2, -0.15) is 5.26 Å². The molecule has 4 heteroatoms. The molecule has 0 fully saturated rings. The molecule has 0 heterocycles. The Morgan fingerprint density at radius 2 is 1.89 bits per heavy atom. The van der Waals surface area contributed by atoms with E-state index in [9.17, 15) is 0 Å². The van der Waals surface area contributed by atoms with Crippen molar-refractivity contribution >= 4 is 37.5 Å². The fourth-order valence-corrected chi connectivity index (χ4v) is 2.86. The van der Waals surface area contributed by atoms with E-state index in [1.165, 1.54) is 0 Å². The second-order valence-corrected chi connectivity index (χ2v) is 5.96. The quantitative estimate of drug-likeness (QED) is 0.789. The minimum absolute atomic E-state index is 0.115. The van der Waals surface area contributed by atoms with Crippen molar-refractivity contribution in [3.05, 3.63) is 62.5 Å². The van der Waals surface area contributed by atoms with Crippen molar-refractivity contribution in [2.45, 2.75) is 13.0 Å². The number of halogens is 2. The standard InChI is InChI=1S/C15H12Br2N2/c1-10(13-4-2-3-5-14(13)17)19-15-7-6-12(16)8-11(15)9-18/h2-8,10,19H,1H3. The molecule has 0 aromatic heterocycles. The first-order chi connectivity index (χ1) is 9.11. The number of nitrogens with one attached hydrogen (secondary N) is 1. The Morgan fingerprint density at radius 1 is 1.16 bits per heavy atom. The Morgan fingerprint density at radius 3 is 2.58 bits per heavy atom. The Balaban J connectivity index is 2.27. The molecule has 0 saturated carbocycles. The summed E-state index contributed by atoms with van der Waals surface area (Å²) in [7, 11) is 0. The van der Waals surface area contributed by atoms with Crippen LogP contribution in [-0.2, 0) is 0 Å². The first-order valence-electron chi connectivity index (χ1n) is 5.82. The van der Waals surface area contributed by atoms with Gasteiger partial charge >= 0.3 is 0 Å². The summed E-state index contributed by atoms with van der Waals surface area (Å²) in [5.74, 6) is 0. The van der Waals surface area contributed by atoms with Crippen LogP contribution in [0.15, 0.2) is 51.4 Å². The summed E-state index contributed by atoms with van der Waals surface area (Å²) >= 11 is 6.92. The average molecular weight is 380 g/mol. The van der Waals surface area contributed by atoms with Crippen molar-refractivity contribution in [1.29, 1.82) is 5.26 Å². The van der Waals surface area contributed by atoms with Crippen molar-refractivity contribution in [2.24, 2.45) is 0 Å². The molecule has 1 unspecified atom stereocenters. The molecule has 0 aliphatic carbocycles. The predicted octanol–water partition coefficient (Wildman–Crippen LogP) is 5.26. The van der Waals surface area contributed by atoms with Gasteiger partial charge in [-0.05, 0) is 36.8 Å². The monoisotopic (exact) mass is 378 g/mol. The second-order valence-electron chi connectivity index (χ2n) is 4.19. The smallest absolute Gasteiger partial charge is 0.101 e. The van der Waals surface area contributed by atoms with Gasteiger partial charge in [0.2, 0.25) is 0 Å². The topological polar surface area (TPSA) is 35.8 Å². The summed E-state index contributed by atoms with van der Waals surface area (Å²) in [5.41, 5.74) is 2.64. The lowest BCUT2D eigenvalue weighted by molar-refractivity contribution is 0.878. The molecule has 0 radical (unpaired) electrons. The molecule has 2 aromatic rings. The predicted molar refractivity (Wildman–Crippen MR) is 85.0 cm³/mol. The van der Waals surface area contributed by atoms with E-state index in [4.69, 9.17) is 5.26 Å². The van der Waals surface area contributed by atoms with Gasteiger partial charge in [0, 0.05) is 15.0 Å². The molecular formula is C15H12Br2N2. The fourth-order valence-electron chi connectivity index (χ4n) is 1.87. The van der Waals surface area contributed by atoms with E-state index in [1.54, 1.807) is 0 Å². The normalized spacial score (nSPS) is 11.7. The zero-order valence-corrected chi connectivity index (χ0v) is 13.5. The second kappa shape index (κ2) is 6.23. The van der Waals surface area contributed by atoms with Crippen LogP contribution in [0.5, 0.6) is 0 Å². The summed E-state index contributed by atoms with van der Waals surface area (Å²) in [6, 6.07) is 16.0. The van der Waals surface area contributed by atoms with Crippen LogP contribution in [0.2, 0.25) is 0 Å². The number of nitriles is 1. The van der Waals surface area contributed by atoms with Gasteiger partial charge in [0.05, 0.1) is 11.3 Å². The molecule has 2 nitrogen and oxygen atoms in total. The highest BCUT2D eigenvalue weighted by Gasteiger charge is 2.11. The highest BCUT2D eigenvalue weighted by Crippen LogP contribution is 2.28. The zero-order chi connectivity index (χ0) is 13.8. The third-order valence-corrected chi connectivity index (χ3v) is 4.06. The first-order valence-corrected chi connectivity index (χ1v) is 7.41. The van der Waals surface area contributed by atoms with Crippen LogP contribution in [0.4, 0.5) is 5.69 Å². The van der Waals surface area contributed by atoms with E-state index in [0.29, 0.717) is 5.56 Å². The van der Waals surface area contributed by atoms with Crippen LogP contribution >= 0.6 is 31.9 Å². The maximum absolute atomic E-state index is 9.16. The van der Waals surface area contributed by atoms with Crippen molar-refractivity contribution < 1.29 is 0 Å². The lowest BCUT2D eigenvalue weighted by Gasteiger charge is -2.18. The van der Waals surface area contributed by atoms with Gasteiger partial charge in [0.15, 0.2) is 0 Å². The Kier molecular flexibility index (Phi) is 4.62. The van der Waals surface area contributed by atoms with Gasteiger partial charge in [0.25, 0.3) is 0 Å². The Bertz CT molecular complexity index is 632. The number of benzene rings is 2. The van der Waals surface area contributed by atoms with Gasteiger partial charge in [0.1, 0.15) is 6.07 Å². The maximum atomic E-state index is 9.16. The van der Waals surface area contributed by atoms with Crippen molar-refractivity contribution in [1.82, 2.24) is 0 Å². The molecule has 0 aliphatic heterocycles. The number of hydrogen-bond donors (Lipinski definition) is 1. The van der Waals surface area contributed by atoms with Crippen molar-refractivity contribution in [3.63, 3.8) is 0 Å².